The Balaban J connectivity index is 2.10. The Morgan fingerprint density at radius 2 is 0.826 bits per heavy atom. The highest BCUT2D eigenvalue weighted by atomic mass is 16.8. The minimum Gasteiger partial charge on any atom is -0.481 e. The van der Waals surface area contributed by atoms with Crippen LogP contribution in [0.3, 0.4) is 0 Å². The van der Waals surface area contributed by atoms with Crippen LogP contribution in [-0.4, -0.2) is 314 Å². The number of rotatable bonds is 42. The number of aliphatic carboxylic acids is 1. The minimum absolute atomic E-state index is 0.0623. The molecule has 12 amide bonds. The Labute approximate surface area is 693 Å². The van der Waals surface area contributed by atoms with Crippen molar-refractivity contribution in [3.63, 3.8) is 0 Å². The lowest BCUT2D eigenvalue weighted by atomic mass is 9.93. The zero-order valence-corrected chi connectivity index (χ0v) is 69.9. The van der Waals surface area contributed by atoms with Crippen molar-refractivity contribution < 1.29 is 172 Å². The number of ether oxygens (including phenoxy) is 14. The first-order valence-electron chi connectivity index (χ1n) is 38.3. The van der Waals surface area contributed by atoms with Crippen LogP contribution in [0.1, 0.15) is 150 Å². The van der Waals surface area contributed by atoms with Crippen molar-refractivity contribution in [2.45, 2.75) is 290 Å². The lowest BCUT2D eigenvalue weighted by molar-refractivity contribution is -0.334. The monoisotopic (exact) mass is 1730 g/mol. The van der Waals surface area contributed by atoms with Gasteiger partial charge in [-0.1, -0.05) is 13.8 Å². The highest BCUT2D eigenvalue weighted by molar-refractivity contribution is 5.98. The van der Waals surface area contributed by atoms with Gasteiger partial charge >= 0.3 is 53.7 Å². The predicted octanol–water partition coefficient (Wildman–Crippen LogP) is -6.70. The molecule has 0 aromatic carbocycles. The maximum absolute atomic E-state index is 16.0. The molecular formula is C73H110N12O36. The van der Waals surface area contributed by atoms with E-state index < -0.39 is 317 Å². The van der Waals surface area contributed by atoms with Crippen LogP contribution in [0.4, 0.5) is 0 Å². The molecule has 0 radical (unpaired) electrons. The Morgan fingerprint density at radius 3 is 1.23 bits per heavy atom. The Bertz CT molecular complexity index is 3790. The van der Waals surface area contributed by atoms with E-state index in [1.165, 1.54) is 0 Å². The molecule has 4 saturated heterocycles. The van der Waals surface area contributed by atoms with E-state index in [2.05, 4.69) is 53.2 Å². The van der Waals surface area contributed by atoms with Crippen LogP contribution >= 0.6 is 0 Å². The van der Waals surface area contributed by atoms with Crippen molar-refractivity contribution >= 4 is 125 Å². The number of esters is 8. The molecule has 4 rings (SSSR count). The molecule has 0 bridgehead atoms. The number of amides is 12. The zero-order valence-electron chi connectivity index (χ0n) is 69.9. The fourth-order valence-corrected chi connectivity index (χ4v) is 13.2. The highest BCUT2D eigenvalue weighted by Crippen LogP contribution is 2.36. The number of carbonyl (C=O) groups excluding carboxylic acids is 20. The molecule has 121 heavy (non-hydrogen) atoms. The number of carboxylic acid groups (broad SMARTS) is 1. The largest absolute Gasteiger partial charge is 0.481 e. The number of hydrogen-bond acceptors (Lipinski definition) is 35. The summed E-state index contributed by atoms with van der Waals surface area (Å²) in [6.45, 7) is 13.9. The van der Waals surface area contributed by atoms with Gasteiger partial charge in [0.15, 0.2) is 49.4 Å². The van der Waals surface area contributed by atoms with Gasteiger partial charge in [-0.3, -0.25) is 101 Å². The molecule has 4 aliphatic rings. The van der Waals surface area contributed by atoms with Crippen molar-refractivity contribution in [1.82, 2.24) is 58.1 Å². The SMILES string of the molecule is CC(=O)N[C@H]1[C@@H](O[C@@H]2[C@@H](NC(C)=O)[C@@H](O[C@H](C)[C@H](NC(=O)[C@H](C)NC(=O)[C@H](CC(C)C)NC(=O)[C@H](CCC(=O)O)NC(C)=O)C(=O)N[C@H](C(=O)NCC(=O)N3CCC[C@H]3C(=O)NCC(N)=O)[C@@H](C)O[C@H]3O[C@H](COC(C)=O)[C@H](OC(C)=O)[C@H](OC(C)=O)[C@H]3NC(C)=O)O[C@H](COC(C)=O)[C@@H]2OC(C)=O)O[C@H](COC(C)=O)[C@H](OC(C)=O)[C@@H]1OC(C)=O. The maximum Gasteiger partial charge on any atom is 0.303 e. The van der Waals surface area contributed by atoms with Crippen LogP contribution in [0.25, 0.3) is 0 Å². The third-order valence-electron chi connectivity index (χ3n) is 18.2. The average Bonchev–Trinajstić information content (AvgIpc) is 1.08. The van der Waals surface area contributed by atoms with Crippen LogP contribution in [0, 0.1) is 5.92 Å². The molecule has 0 saturated carbocycles. The molecule has 0 aromatic rings. The maximum atomic E-state index is 16.0. The molecule has 678 valence electrons. The van der Waals surface area contributed by atoms with Gasteiger partial charge in [-0.25, -0.2) is 0 Å². The van der Waals surface area contributed by atoms with Gasteiger partial charge in [-0.05, 0) is 52.4 Å². The van der Waals surface area contributed by atoms with Crippen molar-refractivity contribution in [2.75, 3.05) is 39.5 Å². The number of primary amides is 1. The van der Waals surface area contributed by atoms with Gasteiger partial charge in [-0.15, -0.1) is 0 Å². The second-order valence-corrected chi connectivity index (χ2v) is 29.1. The summed E-state index contributed by atoms with van der Waals surface area (Å²) < 4.78 is 82.8. The van der Waals surface area contributed by atoms with Gasteiger partial charge in [0.25, 0.3) is 0 Å². The van der Waals surface area contributed by atoms with Gasteiger partial charge < -0.3 is 135 Å². The number of carboxylic acids is 1. The van der Waals surface area contributed by atoms with E-state index >= 15 is 14.4 Å². The number of hydrogen-bond donors (Lipinski definition) is 12. The lowest BCUT2D eigenvalue weighted by Gasteiger charge is -2.50. The smallest absolute Gasteiger partial charge is 0.303 e. The second-order valence-electron chi connectivity index (χ2n) is 29.1. The fourth-order valence-electron chi connectivity index (χ4n) is 13.2. The summed E-state index contributed by atoms with van der Waals surface area (Å²) in [5.41, 5.74) is 5.25. The van der Waals surface area contributed by atoms with E-state index in [1.54, 1.807) is 13.8 Å². The molecule has 13 N–H and O–H groups in total. The quantitative estimate of drug-likeness (QED) is 0.0200. The average molecular weight is 1730 g/mol. The number of carbonyl (C=O) groups is 21. The summed E-state index contributed by atoms with van der Waals surface area (Å²) in [4.78, 5) is 281. The van der Waals surface area contributed by atoms with E-state index in [-0.39, 0.29) is 25.8 Å². The van der Waals surface area contributed by atoms with Crippen LogP contribution in [0.15, 0.2) is 0 Å². The van der Waals surface area contributed by atoms with Crippen molar-refractivity contribution in [3.05, 3.63) is 0 Å². The van der Waals surface area contributed by atoms with Gasteiger partial charge in [0.1, 0.15) is 98.6 Å². The Hall–Kier alpha value is -11.4. The van der Waals surface area contributed by atoms with Gasteiger partial charge in [0.2, 0.25) is 70.9 Å². The molecule has 0 spiro atoms. The number of likely N-dealkylation sites (tertiary alicyclic amines) is 1. The minimum atomic E-state index is -2.38. The normalized spacial score (nSPS) is 25.3. The standard InChI is InChI=1S/C73H110N12O36/c1-29(2)23-46(82-66(103)45(78-33(6)86)20-21-53(100)101)67(104)77-30(3)65(102)83-55(32(5)112-72-58(81-36(9)89)64(61(115-42(15)95)50(119-72)28-110-39(12)92)121-73-57(80-35(8)88)63(117-44(17)97)60(114-41(14)94)49(120-73)27-109-38(11)91)70(107)84-54(69(106)76-25-52(99)85-22-18-19-47(85)68(105)75-24-51(74)98)31(4)111-71-56(79-34(7)87)62(116-43(16)96)59(113-40(13)93)48(118-71)26-108-37(10)90/h29-32,45-50,54-64,71-73H,18-28H2,1-17H3,(H2,74,98)(H,75,105)(H,76,106)(H,77,104)(H,78,86)(H,79,87)(H,80,88)(H,81,89)(H,82,103)(H,83,102)(H,84,107)(H,100,101)/t30-,31+,32+,45-,46-,47-,48+,49+,50+,54-,55-,56+,57+,58+,59-,60-,61-,62+,63+,64+,71-,72-,73+/m0/s1. The van der Waals surface area contributed by atoms with Crippen molar-refractivity contribution in [1.29, 1.82) is 0 Å². The van der Waals surface area contributed by atoms with E-state index in [0.717, 1.165) is 109 Å². The first-order valence-corrected chi connectivity index (χ1v) is 38.3. The second kappa shape index (κ2) is 48.2. The highest BCUT2D eigenvalue weighted by Gasteiger charge is 2.58. The molecule has 0 aromatic heterocycles. The molecule has 48 heteroatoms. The Kier molecular flexibility index (Phi) is 40.6. The summed E-state index contributed by atoms with van der Waals surface area (Å²) in [7, 11) is 0. The summed E-state index contributed by atoms with van der Waals surface area (Å²) in [5, 5.41) is 33.7. The van der Waals surface area contributed by atoms with Crippen LogP contribution in [-0.2, 0) is 167 Å². The Morgan fingerprint density at radius 1 is 0.430 bits per heavy atom. The fraction of sp³-hybridized carbons (Fsp3) is 0.712. The van der Waals surface area contributed by atoms with Crippen LogP contribution < -0.4 is 58.9 Å². The molecule has 0 unspecified atom stereocenters. The molecule has 23 atom stereocenters. The lowest BCUT2D eigenvalue weighted by Crippen LogP contribution is -2.71. The zero-order chi connectivity index (χ0) is 91.3. The number of nitrogens with zero attached hydrogens (tertiary/aromatic N) is 1. The number of nitrogens with two attached hydrogens (primary N) is 1. The van der Waals surface area contributed by atoms with Gasteiger partial charge in [0.05, 0.1) is 25.3 Å². The third-order valence-corrected chi connectivity index (χ3v) is 18.2. The van der Waals surface area contributed by atoms with E-state index in [4.69, 9.17) is 72.0 Å². The first-order chi connectivity index (χ1) is 56.5. The molecule has 4 heterocycles. The predicted molar refractivity (Wildman–Crippen MR) is 400 cm³/mol. The summed E-state index contributed by atoms with van der Waals surface area (Å²) in [6.07, 6.45) is -27.7. The van der Waals surface area contributed by atoms with Gasteiger partial charge in [0, 0.05) is 96.1 Å². The number of nitrogens with one attached hydrogen (secondary N) is 10. The molecule has 4 aliphatic heterocycles. The van der Waals surface area contributed by atoms with Crippen molar-refractivity contribution in [2.24, 2.45) is 11.7 Å². The first kappa shape index (κ1) is 102. The van der Waals surface area contributed by atoms with Crippen LogP contribution in [0.5, 0.6) is 0 Å². The summed E-state index contributed by atoms with van der Waals surface area (Å²) >= 11 is 0. The van der Waals surface area contributed by atoms with E-state index in [0.29, 0.717) is 0 Å². The van der Waals surface area contributed by atoms with E-state index in [9.17, 15) is 91.4 Å². The van der Waals surface area contributed by atoms with Crippen molar-refractivity contribution in [3.8, 4) is 0 Å². The van der Waals surface area contributed by atoms with E-state index in [1.807, 2.05) is 0 Å². The van der Waals surface area contributed by atoms with Gasteiger partial charge in [-0.2, -0.15) is 0 Å². The molecule has 48 nitrogen and oxygen atoms in total. The van der Waals surface area contributed by atoms with Crippen LogP contribution in [0.2, 0.25) is 0 Å². The third kappa shape index (κ3) is 33.3. The molecule has 0 aliphatic carbocycles. The molecule has 4 fully saturated rings. The topological polar surface area (TPSA) is 657 Å². The molecular weight excluding hydrogens is 1620 g/mol. The summed E-state index contributed by atoms with van der Waals surface area (Å²) in [5.74, 6) is -22.4. The summed E-state index contributed by atoms with van der Waals surface area (Å²) in [6, 6.07) is -16.4.